The second-order valence-electron chi connectivity index (χ2n) is 0. The van der Waals surface area contributed by atoms with Gasteiger partial charge in [-0.25, -0.2) is 0 Å². The van der Waals surface area contributed by atoms with Crippen molar-refractivity contribution in [2.45, 2.75) is 0 Å². The molecule has 0 fully saturated rings. The molecule has 0 aromatic heterocycles. The zero-order valence-corrected chi connectivity index (χ0v) is 9.83. The molecule has 80 valence electrons. The molecule has 10 nitrogen and oxygen atoms in total. The first-order valence-electron chi connectivity index (χ1n) is 0. The van der Waals surface area contributed by atoms with Crippen molar-refractivity contribution in [3.05, 3.63) is 0 Å². The van der Waals surface area contributed by atoms with Crippen LogP contribution in [-0.4, -0.2) is 27.4 Å². The van der Waals surface area contributed by atoms with Crippen LogP contribution in [0.5, 0.6) is 0 Å². The fraction of sp³-hybridized carbons (Fsp3) is 0. The molecule has 0 spiro atoms. The Morgan fingerprint density at radius 3 is 0.250 bits per heavy atom. The number of hydrogen-bond donors (Lipinski definition) is 0. The Labute approximate surface area is 99.4 Å². The minimum atomic E-state index is 0. The average molecular weight is 356 g/mol. The van der Waals surface area contributed by atoms with Gasteiger partial charge in [0.05, 0.1) is 0 Å². The van der Waals surface area contributed by atoms with E-state index in [0.717, 1.165) is 0 Å². The zero-order chi connectivity index (χ0) is 0. The summed E-state index contributed by atoms with van der Waals surface area (Å²) in [6.45, 7) is 0. The number of rotatable bonds is 0. The molecule has 0 unspecified atom stereocenters. The van der Waals surface area contributed by atoms with Crippen molar-refractivity contribution in [3.8, 4) is 0 Å². The standard InChI is InChI=1S/2Nb.5H2O.5O/h;;5*1H2;;;;;/q2*+5;;;;;;5*-2. The topological polar surface area (TPSA) is 300 Å². The van der Waals surface area contributed by atoms with E-state index in [4.69, 9.17) is 0 Å². The minimum Gasteiger partial charge on any atom is -2.00 e. The van der Waals surface area contributed by atoms with Crippen LogP contribution in [0.15, 0.2) is 0 Å². The van der Waals surface area contributed by atoms with E-state index in [1.165, 1.54) is 0 Å². The van der Waals surface area contributed by atoms with Gasteiger partial charge in [0.1, 0.15) is 0 Å². The van der Waals surface area contributed by atoms with Gasteiger partial charge in [-0.2, -0.15) is 0 Å². The molecule has 0 saturated heterocycles. The molecule has 0 aromatic carbocycles. The predicted octanol–water partition coefficient (Wildman–Crippen LogP) is -4.72. The molecule has 0 amide bonds. The third-order valence-electron chi connectivity index (χ3n) is 0. The second kappa shape index (κ2) is 1270. The van der Waals surface area contributed by atoms with E-state index in [1.807, 2.05) is 0 Å². The van der Waals surface area contributed by atoms with Crippen LogP contribution in [0.2, 0.25) is 0 Å². The molecule has 0 atom stereocenters. The maximum absolute atomic E-state index is 0. The summed E-state index contributed by atoms with van der Waals surface area (Å²) in [7, 11) is 0. The van der Waals surface area contributed by atoms with Gasteiger partial charge in [-0.3, -0.25) is 0 Å². The van der Waals surface area contributed by atoms with Crippen molar-refractivity contribution < 1.29 is 99.5 Å². The van der Waals surface area contributed by atoms with E-state index in [9.17, 15) is 0 Å². The monoisotopic (exact) mass is 356 g/mol. The van der Waals surface area contributed by atoms with Crippen LogP contribution < -0.4 is 0 Å². The molecule has 0 radical (unpaired) electrons. The van der Waals surface area contributed by atoms with Crippen LogP contribution >= 0.6 is 0 Å². The van der Waals surface area contributed by atoms with Gasteiger partial charge >= 0.3 is 44.8 Å². The quantitative estimate of drug-likeness (QED) is 0.369. The fourth-order valence-corrected chi connectivity index (χ4v) is 0. The summed E-state index contributed by atoms with van der Waals surface area (Å²) in [4.78, 5) is 0. The van der Waals surface area contributed by atoms with Crippen molar-refractivity contribution in [2.75, 3.05) is 0 Å². The van der Waals surface area contributed by atoms with E-state index in [0.29, 0.717) is 0 Å². The van der Waals surface area contributed by atoms with Crippen molar-refractivity contribution >= 4 is 0 Å². The predicted molar refractivity (Wildman–Crippen MR) is 21.5 cm³/mol. The third-order valence-corrected chi connectivity index (χ3v) is 0. The molecule has 12 heavy (non-hydrogen) atoms. The largest absolute Gasteiger partial charge is 5.00 e. The molecule has 10 N–H and O–H groups in total. The smallest absolute Gasteiger partial charge is 2.00 e. The molecule has 0 aliphatic heterocycles. The molecular formula is H10Nb2O10. The summed E-state index contributed by atoms with van der Waals surface area (Å²) < 4.78 is 0. The van der Waals surface area contributed by atoms with Crippen molar-refractivity contribution in [3.63, 3.8) is 0 Å². The van der Waals surface area contributed by atoms with Crippen LogP contribution in [0, 0.1) is 0 Å². The average Bonchev–Trinajstić information content (AvgIpc) is 0. The van der Waals surface area contributed by atoms with Gasteiger partial charge in [0.25, 0.3) is 0 Å². The van der Waals surface area contributed by atoms with Crippen LogP contribution in [0.25, 0.3) is 0 Å². The first kappa shape index (κ1) is 1640. The third kappa shape index (κ3) is 964. The van der Waals surface area contributed by atoms with Gasteiger partial charge < -0.3 is 54.8 Å². The first-order valence-corrected chi connectivity index (χ1v) is 0. The molecule has 0 saturated carbocycles. The Morgan fingerprint density at radius 1 is 0.250 bits per heavy atom. The summed E-state index contributed by atoms with van der Waals surface area (Å²) in [6.07, 6.45) is 0. The van der Waals surface area contributed by atoms with E-state index in [-0.39, 0.29) is 99.5 Å². The second-order valence-corrected chi connectivity index (χ2v) is 0. The SMILES string of the molecule is O.O.O.O.O.[Nb+5].[Nb+5].[O-2].[O-2].[O-2].[O-2].[O-2]. The summed E-state index contributed by atoms with van der Waals surface area (Å²) in [5, 5.41) is 0. The van der Waals surface area contributed by atoms with E-state index < -0.39 is 0 Å². The van der Waals surface area contributed by atoms with Gasteiger partial charge in [-0.1, -0.05) is 0 Å². The number of hydrogen-bond acceptors (Lipinski definition) is 0. The molecule has 12 heteroatoms. The van der Waals surface area contributed by atoms with Crippen molar-refractivity contribution in [1.82, 2.24) is 0 Å². The molecule has 0 aliphatic carbocycles. The molecule has 0 bridgehead atoms. The molecular weight excluding hydrogens is 346 g/mol. The van der Waals surface area contributed by atoms with E-state index >= 15 is 0 Å². The molecule has 0 aliphatic rings. The normalized spacial score (nSPS) is 0. The van der Waals surface area contributed by atoms with Gasteiger partial charge in [0, 0.05) is 0 Å². The van der Waals surface area contributed by atoms with Crippen LogP contribution in [0.1, 0.15) is 0 Å². The fourth-order valence-electron chi connectivity index (χ4n) is 0. The summed E-state index contributed by atoms with van der Waals surface area (Å²) in [5.74, 6) is 0. The molecule has 0 rings (SSSR count). The Balaban J connectivity index is 0. The maximum atomic E-state index is 0. The van der Waals surface area contributed by atoms with Crippen LogP contribution in [-0.2, 0) is 72.1 Å². The van der Waals surface area contributed by atoms with Gasteiger partial charge in [-0.15, -0.1) is 0 Å². The van der Waals surface area contributed by atoms with Gasteiger partial charge in [0.2, 0.25) is 0 Å². The minimum absolute atomic E-state index is 0. The Hall–Kier alpha value is 1.08. The van der Waals surface area contributed by atoms with Crippen molar-refractivity contribution in [2.24, 2.45) is 0 Å². The zero-order valence-electron chi connectivity index (χ0n) is 5.44. The molecule has 0 heterocycles. The van der Waals surface area contributed by atoms with E-state index in [1.54, 1.807) is 0 Å². The Kier molecular flexibility index (Phi) is 173000. The van der Waals surface area contributed by atoms with Crippen LogP contribution in [0.4, 0.5) is 0 Å². The van der Waals surface area contributed by atoms with Gasteiger partial charge in [-0.05, 0) is 0 Å². The van der Waals surface area contributed by atoms with Crippen molar-refractivity contribution in [1.29, 1.82) is 0 Å². The summed E-state index contributed by atoms with van der Waals surface area (Å²) >= 11 is 0. The Morgan fingerprint density at radius 2 is 0.250 bits per heavy atom. The molecule has 0 aromatic rings. The Bertz CT molecular complexity index is 7.80. The van der Waals surface area contributed by atoms with Crippen LogP contribution in [0.3, 0.4) is 0 Å². The summed E-state index contributed by atoms with van der Waals surface area (Å²) in [5.41, 5.74) is 0. The summed E-state index contributed by atoms with van der Waals surface area (Å²) in [6, 6.07) is 0. The van der Waals surface area contributed by atoms with Gasteiger partial charge in [0.15, 0.2) is 0 Å². The maximum Gasteiger partial charge on any atom is 5.00 e. The first-order chi connectivity index (χ1) is 0. The van der Waals surface area contributed by atoms with E-state index in [2.05, 4.69) is 0 Å².